The molecule has 1 saturated heterocycles. The molecule has 1 saturated carbocycles. The average molecular weight is 541 g/mol. The van der Waals surface area contributed by atoms with Crippen molar-refractivity contribution >= 4 is 14.5 Å². The number of hydrogen-bond donors (Lipinski definition) is 0. The third kappa shape index (κ3) is 4.41. The zero-order chi connectivity index (χ0) is 26.6. The van der Waals surface area contributed by atoms with Gasteiger partial charge in [-0.3, -0.25) is 8.97 Å². The van der Waals surface area contributed by atoms with E-state index in [4.69, 9.17) is 0 Å². The predicted molar refractivity (Wildman–Crippen MR) is 141 cm³/mol. The highest BCUT2D eigenvalue weighted by molar-refractivity contribution is 6.54. The normalized spacial score (nSPS) is 19.8. The number of aromatic nitrogens is 5. The molecule has 0 amide bonds. The number of nitrogens with zero attached hydrogens (tertiary/aromatic N) is 6. The van der Waals surface area contributed by atoms with Gasteiger partial charge in [0.1, 0.15) is 21.1 Å². The molecule has 1 aliphatic carbocycles. The summed E-state index contributed by atoms with van der Waals surface area (Å²) in [6.07, 6.45) is 4.41. The maximum Gasteiger partial charge on any atom is 0.418 e. The van der Waals surface area contributed by atoms with E-state index in [2.05, 4.69) is 21.3 Å². The third-order valence-corrected chi connectivity index (χ3v) is 11.3. The van der Waals surface area contributed by atoms with Gasteiger partial charge in [0.05, 0.1) is 16.8 Å². The molecule has 200 valence electrons. The quantitative estimate of drug-likeness (QED) is 0.332. The van der Waals surface area contributed by atoms with Crippen LogP contribution in [0.25, 0.3) is 11.2 Å². The first-order chi connectivity index (χ1) is 18.2. The molecule has 6 rings (SSSR count). The number of pyridine rings is 1. The number of rotatable bonds is 6. The van der Waals surface area contributed by atoms with Gasteiger partial charge in [0, 0.05) is 31.9 Å². The van der Waals surface area contributed by atoms with Crippen LogP contribution in [0.2, 0.25) is 12.6 Å². The lowest BCUT2D eigenvalue weighted by atomic mass is 9.72. The fraction of sp³-hybridized carbons (Fsp3) is 0.444. The first-order valence-electron chi connectivity index (χ1n) is 13.2. The van der Waals surface area contributed by atoms with E-state index in [0.29, 0.717) is 23.7 Å². The molecule has 11 heteroatoms. The molecule has 0 N–H and O–H groups in total. The molecule has 2 atom stereocenters. The summed E-state index contributed by atoms with van der Waals surface area (Å²) in [5.74, 6) is 1.27. The highest BCUT2D eigenvalue weighted by Gasteiger charge is 2.36. The number of fused-ring (bicyclic) bond motifs is 1. The van der Waals surface area contributed by atoms with Crippen molar-refractivity contribution in [1.82, 2.24) is 28.3 Å². The summed E-state index contributed by atoms with van der Waals surface area (Å²) in [5, 5.41) is 8.42. The molecule has 0 spiro atoms. The molecule has 1 unspecified atom stereocenters. The van der Waals surface area contributed by atoms with Crippen molar-refractivity contribution < 1.29 is 13.2 Å². The number of aryl methyl sites for hydroxylation is 1. The SMILES string of the molecule is Cn1cnnc1C(c1cccc(-n2cc3c(C(F)(F)F)cc(CN4CCC[Si@@H]4C)cn3c2=O)c1)C1CCC1. The second-order valence-corrected chi connectivity index (χ2v) is 13.8. The molecule has 2 fully saturated rings. The van der Waals surface area contributed by atoms with Gasteiger partial charge >= 0.3 is 11.9 Å². The molecule has 4 aromatic rings. The van der Waals surface area contributed by atoms with E-state index in [1.165, 1.54) is 21.2 Å². The summed E-state index contributed by atoms with van der Waals surface area (Å²) in [6.45, 7) is 3.58. The van der Waals surface area contributed by atoms with Gasteiger partial charge in [-0.2, -0.15) is 13.2 Å². The van der Waals surface area contributed by atoms with Crippen LogP contribution in [0.5, 0.6) is 0 Å². The van der Waals surface area contributed by atoms with E-state index >= 15 is 0 Å². The molecule has 0 bridgehead atoms. The highest BCUT2D eigenvalue weighted by atomic mass is 28.3. The minimum atomic E-state index is -4.57. The van der Waals surface area contributed by atoms with Gasteiger partial charge in [0.15, 0.2) is 0 Å². The van der Waals surface area contributed by atoms with Crippen molar-refractivity contribution in [3.05, 3.63) is 82.1 Å². The molecule has 7 nitrogen and oxygen atoms in total. The Balaban J connectivity index is 1.44. The summed E-state index contributed by atoms with van der Waals surface area (Å²) in [6, 6.07) is 9.92. The molecule has 38 heavy (non-hydrogen) atoms. The van der Waals surface area contributed by atoms with Gasteiger partial charge in [0.2, 0.25) is 0 Å². The zero-order valence-electron chi connectivity index (χ0n) is 21.5. The molecule has 1 aliphatic heterocycles. The number of hydrogen-bond acceptors (Lipinski definition) is 4. The van der Waals surface area contributed by atoms with Crippen molar-refractivity contribution in [2.45, 2.75) is 56.9 Å². The third-order valence-electron chi connectivity index (χ3n) is 8.36. The van der Waals surface area contributed by atoms with Crippen molar-refractivity contribution in [3.8, 4) is 5.69 Å². The average Bonchev–Trinajstić information content (AvgIpc) is 3.55. The molecule has 4 heterocycles. The smallest absolute Gasteiger partial charge is 0.322 e. The van der Waals surface area contributed by atoms with Crippen LogP contribution in [0.3, 0.4) is 0 Å². The Morgan fingerprint density at radius 1 is 1.16 bits per heavy atom. The van der Waals surface area contributed by atoms with E-state index in [1.54, 1.807) is 18.6 Å². The maximum absolute atomic E-state index is 14.2. The number of halogens is 3. The molecule has 1 aromatic carbocycles. The first-order valence-corrected chi connectivity index (χ1v) is 15.7. The summed E-state index contributed by atoms with van der Waals surface area (Å²) in [5.41, 5.74) is 0.629. The zero-order valence-corrected chi connectivity index (χ0v) is 22.7. The van der Waals surface area contributed by atoms with Crippen LogP contribution in [0.15, 0.2) is 53.8 Å². The maximum atomic E-state index is 14.2. The fourth-order valence-electron chi connectivity index (χ4n) is 6.05. The van der Waals surface area contributed by atoms with Crippen LogP contribution in [-0.2, 0) is 19.8 Å². The molecular formula is C27H31F3N6OSi. The van der Waals surface area contributed by atoms with E-state index in [9.17, 15) is 18.0 Å². The fourth-order valence-corrected chi connectivity index (χ4v) is 8.34. The van der Waals surface area contributed by atoms with Crippen molar-refractivity contribution in [2.75, 3.05) is 6.54 Å². The van der Waals surface area contributed by atoms with E-state index in [0.717, 1.165) is 49.7 Å². The number of benzene rings is 1. The molecule has 2 aliphatic rings. The Hall–Kier alpha value is -3.18. The number of imidazole rings is 1. The first kappa shape index (κ1) is 25.1. The lowest BCUT2D eigenvalue weighted by Crippen LogP contribution is -2.30. The van der Waals surface area contributed by atoms with Crippen LogP contribution in [0.4, 0.5) is 13.2 Å². The Labute approximate surface area is 220 Å². The largest absolute Gasteiger partial charge is 0.418 e. The van der Waals surface area contributed by atoms with E-state index in [-0.39, 0.29) is 11.4 Å². The Kier molecular flexibility index (Phi) is 6.30. The Bertz CT molecular complexity index is 1540. The second-order valence-electron chi connectivity index (χ2n) is 10.8. The molecule has 0 radical (unpaired) electrons. The summed E-state index contributed by atoms with van der Waals surface area (Å²) >= 11 is 0. The standard InChI is InChI=1S/C27H31F3N6OSi/c1-33-17-31-32-25(33)24(19-6-3-7-19)20-8-4-9-21(13-20)35-16-23-22(27(28,29)30)12-18(15-36(23)26(35)37)14-34-10-5-11-38(34)2/h4,8-9,12-13,15-17,19,24,38H,3,5-7,10-11,14H2,1-2H3/t24?,38-/m0/s1. The second kappa shape index (κ2) is 9.53. The van der Waals surface area contributed by atoms with Gasteiger partial charge in [-0.25, -0.2) is 4.79 Å². The lowest BCUT2D eigenvalue weighted by Gasteiger charge is -2.33. The summed E-state index contributed by atoms with van der Waals surface area (Å²) < 4.78 is 49.3. The predicted octanol–water partition coefficient (Wildman–Crippen LogP) is 4.73. The van der Waals surface area contributed by atoms with Crippen molar-refractivity contribution in [3.63, 3.8) is 0 Å². The van der Waals surface area contributed by atoms with Crippen molar-refractivity contribution in [1.29, 1.82) is 0 Å². The topological polar surface area (TPSA) is 60.4 Å². The lowest BCUT2D eigenvalue weighted by molar-refractivity contribution is -0.136. The minimum Gasteiger partial charge on any atom is -0.322 e. The van der Waals surface area contributed by atoms with Crippen LogP contribution >= 0.6 is 0 Å². The van der Waals surface area contributed by atoms with Gasteiger partial charge in [-0.1, -0.05) is 25.1 Å². The minimum absolute atomic E-state index is 0.00731. The number of alkyl halides is 3. The van der Waals surface area contributed by atoms with Crippen LogP contribution < -0.4 is 5.69 Å². The monoisotopic (exact) mass is 540 g/mol. The van der Waals surface area contributed by atoms with Crippen LogP contribution in [0, 0.1) is 5.92 Å². The van der Waals surface area contributed by atoms with Crippen LogP contribution in [0.1, 0.15) is 54.1 Å². The molecular weight excluding hydrogens is 509 g/mol. The van der Waals surface area contributed by atoms with Gasteiger partial charge in [-0.05, 0) is 67.1 Å². The van der Waals surface area contributed by atoms with Crippen molar-refractivity contribution in [2.24, 2.45) is 13.0 Å². The summed E-state index contributed by atoms with van der Waals surface area (Å²) in [7, 11) is 0.805. The van der Waals surface area contributed by atoms with Gasteiger partial charge in [-0.15, -0.1) is 10.2 Å². The summed E-state index contributed by atoms with van der Waals surface area (Å²) in [4.78, 5) is 13.6. The van der Waals surface area contributed by atoms with E-state index in [1.807, 2.05) is 29.8 Å². The highest BCUT2D eigenvalue weighted by Crippen LogP contribution is 2.43. The van der Waals surface area contributed by atoms with Crippen LogP contribution in [-0.4, -0.2) is 43.8 Å². The van der Waals surface area contributed by atoms with Gasteiger partial charge in [0.25, 0.3) is 0 Å². The Morgan fingerprint density at radius 3 is 2.61 bits per heavy atom. The molecule has 3 aromatic heterocycles. The van der Waals surface area contributed by atoms with Gasteiger partial charge < -0.3 is 9.13 Å². The van der Waals surface area contributed by atoms with E-state index < -0.39 is 26.4 Å². The Morgan fingerprint density at radius 2 is 1.97 bits per heavy atom.